The van der Waals surface area contributed by atoms with Crippen LogP contribution in [0.3, 0.4) is 0 Å². The number of ether oxygens (including phenoxy) is 3. The highest BCUT2D eigenvalue weighted by Crippen LogP contribution is 2.21. The molecule has 0 aromatic carbocycles. The van der Waals surface area contributed by atoms with E-state index in [9.17, 15) is 9.59 Å². The predicted octanol–water partition coefficient (Wildman–Crippen LogP) is 1.69. The van der Waals surface area contributed by atoms with Crippen LogP contribution in [-0.2, 0) is 23.8 Å². The van der Waals surface area contributed by atoms with Crippen molar-refractivity contribution in [3.63, 3.8) is 0 Å². The molecule has 18 heavy (non-hydrogen) atoms. The summed E-state index contributed by atoms with van der Waals surface area (Å²) < 4.78 is 15.4. The van der Waals surface area contributed by atoms with Gasteiger partial charge in [-0.1, -0.05) is 0 Å². The van der Waals surface area contributed by atoms with E-state index in [0.29, 0.717) is 13.0 Å². The van der Waals surface area contributed by atoms with E-state index in [1.165, 1.54) is 0 Å². The van der Waals surface area contributed by atoms with Crippen LogP contribution in [0.4, 0.5) is 0 Å². The van der Waals surface area contributed by atoms with E-state index in [-0.39, 0.29) is 19.3 Å². The van der Waals surface area contributed by atoms with Gasteiger partial charge in [0.15, 0.2) is 5.92 Å². The van der Waals surface area contributed by atoms with Crippen molar-refractivity contribution in [3.8, 4) is 0 Å². The van der Waals surface area contributed by atoms with Crippen molar-refractivity contribution < 1.29 is 23.8 Å². The molecule has 0 bridgehead atoms. The molecule has 0 aliphatic carbocycles. The van der Waals surface area contributed by atoms with Crippen LogP contribution < -0.4 is 0 Å². The maximum Gasteiger partial charge on any atom is 0.320 e. The van der Waals surface area contributed by atoms with Gasteiger partial charge in [0.1, 0.15) is 0 Å². The summed E-state index contributed by atoms with van der Waals surface area (Å²) in [6, 6.07) is 0. The first-order valence-corrected chi connectivity index (χ1v) is 6.63. The Balaban J connectivity index is 2.57. The molecule has 0 N–H and O–H groups in total. The molecule has 0 unspecified atom stereocenters. The van der Waals surface area contributed by atoms with Crippen LogP contribution in [0.5, 0.6) is 0 Å². The Morgan fingerprint density at radius 1 is 1.17 bits per heavy atom. The van der Waals surface area contributed by atoms with Crippen LogP contribution in [0.25, 0.3) is 0 Å². The fraction of sp³-hybridized carbons (Fsp3) is 0.846. The molecule has 1 fully saturated rings. The fourth-order valence-corrected chi connectivity index (χ4v) is 2.03. The maximum absolute atomic E-state index is 11.8. The van der Waals surface area contributed by atoms with Gasteiger partial charge in [0.25, 0.3) is 0 Å². The Morgan fingerprint density at radius 3 is 2.22 bits per heavy atom. The van der Waals surface area contributed by atoms with Crippen molar-refractivity contribution in [2.75, 3.05) is 19.8 Å². The highest BCUT2D eigenvalue weighted by molar-refractivity contribution is 5.94. The van der Waals surface area contributed by atoms with Gasteiger partial charge < -0.3 is 14.2 Å². The van der Waals surface area contributed by atoms with Gasteiger partial charge in [-0.05, 0) is 39.5 Å². The van der Waals surface area contributed by atoms with E-state index in [0.717, 1.165) is 19.3 Å². The molecule has 0 spiro atoms. The lowest BCUT2D eigenvalue weighted by Crippen LogP contribution is -2.33. The third kappa shape index (κ3) is 4.64. The Morgan fingerprint density at radius 2 is 1.78 bits per heavy atom. The summed E-state index contributed by atoms with van der Waals surface area (Å²) in [5.74, 6) is -1.87. The predicted molar refractivity (Wildman–Crippen MR) is 65.0 cm³/mol. The average molecular weight is 258 g/mol. The van der Waals surface area contributed by atoms with Crippen LogP contribution in [0.1, 0.15) is 39.5 Å². The lowest BCUT2D eigenvalue weighted by molar-refractivity contribution is -0.164. The molecule has 1 aliphatic rings. The zero-order valence-corrected chi connectivity index (χ0v) is 11.1. The largest absolute Gasteiger partial charge is 0.465 e. The number of carbonyl (C=O) groups is 2. The van der Waals surface area contributed by atoms with Gasteiger partial charge in [0.2, 0.25) is 0 Å². The smallest absolute Gasteiger partial charge is 0.320 e. The minimum atomic E-state index is -0.854. The van der Waals surface area contributed by atoms with Gasteiger partial charge in [-0.25, -0.2) is 0 Å². The summed E-state index contributed by atoms with van der Waals surface area (Å²) in [4.78, 5) is 23.5. The normalized spacial score (nSPS) is 19.6. The first-order chi connectivity index (χ1) is 8.69. The first-order valence-electron chi connectivity index (χ1n) is 6.63. The summed E-state index contributed by atoms with van der Waals surface area (Å²) in [5, 5.41) is 0. The SMILES string of the molecule is CCOC(=O)C(C[C@@H]1CCCCO1)C(=O)OCC. The second-order valence-corrected chi connectivity index (χ2v) is 4.28. The van der Waals surface area contributed by atoms with Crippen LogP contribution in [0.2, 0.25) is 0 Å². The molecule has 0 amide bonds. The highest BCUT2D eigenvalue weighted by Gasteiger charge is 2.33. The highest BCUT2D eigenvalue weighted by atomic mass is 16.6. The topological polar surface area (TPSA) is 61.8 Å². The third-order valence-corrected chi connectivity index (χ3v) is 2.91. The second kappa shape index (κ2) is 8.08. The lowest BCUT2D eigenvalue weighted by atomic mass is 9.97. The molecule has 0 aromatic rings. The number of esters is 2. The van der Waals surface area contributed by atoms with E-state index in [1.54, 1.807) is 13.8 Å². The molecule has 0 aromatic heterocycles. The van der Waals surface area contributed by atoms with E-state index in [1.807, 2.05) is 0 Å². The molecule has 5 nitrogen and oxygen atoms in total. The number of rotatable bonds is 6. The molecule has 1 rings (SSSR count). The molecular formula is C13H22O5. The molecule has 5 heteroatoms. The average Bonchev–Trinajstić information content (AvgIpc) is 2.37. The van der Waals surface area contributed by atoms with Gasteiger partial charge in [-0.3, -0.25) is 9.59 Å². The standard InChI is InChI=1S/C13H22O5/c1-3-16-12(14)11(13(15)17-4-2)9-10-7-5-6-8-18-10/h10-11H,3-9H2,1-2H3/t10-/m0/s1. The van der Waals surface area contributed by atoms with Crippen molar-refractivity contribution in [3.05, 3.63) is 0 Å². The Hall–Kier alpha value is -1.10. The summed E-state index contributed by atoms with van der Waals surface area (Å²) in [6.45, 7) is 4.66. The van der Waals surface area contributed by atoms with Crippen LogP contribution in [0.15, 0.2) is 0 Å². The minimum Gasteiger partial charge on any atom is -0.465 e. The van der Waals surface area contributed by atoms with Gasteiger partial charge in [0, 0.05) is 6.61 Å². The molecule has 0 radical (unpaired) electrons. The van der Waals surface area contributed by atoms with Crippen molar-refractivity contribution in [2.24, 2.45) is 5.92 Å². The van der Waals surface area contributed by atoms with E-state index >= 15 is 0 Å². The molecule has 104 valence electrons. The summed E-state index contributed by atoms with van der Waals surface area (Å²) in [6.07, 6.45) is 3.31. The quantitative estimate of drug-likeness (QED) is 0.536. The zero-order valence-electron chi connectivity index (χ0n) is 11.1. The molecule has 1 saturated heterocycles. The fourth-order valence-electron chi connectivity index (χ4n) is 2.03. The van der Waals surface area contributed by atoms with Crippen LogP contribution >= 0.6 is 0 Å². The summed E-state index contributed by atoms with van der Waals surface area (Å²) >= 11 is 0. The molecule has 1 heterocycles. The van der Waals surface area contributed by atoms with Crippen molar-refractivity contribution in [1.82, 2.24) is 0 Å². The van der Waals surface area contributed by atoms with Gasteiger partial charge in [0.05, 0.1) is 19.3 Å². The van der Waals surface area contributed by atoms with Crippen molar-refractivity contribution >= 4 is 11.9 Å². The van der Waals surface area contributed by atoms with Crippen molar-refractivity contribution in [1.29, 1.82) is 0 Å². The maximum atomic E-state index is 11.8. The molecule has 1 aliphatic heterocycles. The Bertz CT molecular complexity index is 253. The van der Waals surface area contributed by atoms with Crippen LogP contribution in [0, 0.1) is 5.92 Å². The Kier molecular flexibility index (Phi) is 6.72. The summed E-state index contributed by atoms with van der Waals surface area (Å²) in [7, 11) is 0. The lowest BCUT2D eigenvalue weighted by Gasteiger charge is -2.25. The number of carbonyl (C=O) groups excluding carboxylic acids is 2. The number of hydrogen-bond donors (Lipinski definition) is 0. The number of hydrogen-bond acceptors (Lipinski definition) is 5. The van der Waals surface area contributed by atoms with Gasteiger partial charge >= 0.3 is 11.9 Å². The summed E-state index contributed by atoms with van der Waals surface area (Å²) in [5.41, 5.74) is 0. The van der Waals surface area contributed by atoms with Crippen LogP contribution in [-0.4, -0.2) is 37.9 Å². The molecular weight excluding hydrogens is 236 g/mol. The van der Waals surface area contributed by atoms with E-state index in [2.05, 4.69) is 0 Å². The zero-order chi connectivity index (χ0) is 13.4. The first kappa shape index (κ1) is 15.0. The second-order valence-electron chi connectivity index (χ2n) is 4.28. The monoisotopic (exact) mass is 258 g/mol. The Labute approximate surface area is 108 Å². The van der Waals surface area contributed by atoms with Crippen molar-refractivity contribution in [2.45, 2.75) is 45.6 Å². The van der Waals surface area contributed by atoms with Gasteiger partial charge in [-0.2, -0.15) is 0 Å². The molecule has 0 saturated carbocycles. The van der Waals surface area contributed by atoms with E-state index < -0.39 is 17.9 Å². The van der Waals surface area contributed by atoms with E-state index in [4.69, 9.17) is 14.2 Å². The third-order valence-electron chi connectivity index (χ3n) is 2.91. The molecule has 1 atom stereocenters. The van der Waals surface area contributed by atoms with Gasteiger partial charge in [-0.15, -0.1) is 0 Å². The minimum absolute atomic E-state index is 0.0439.